The number of fused-ring (bicyclic) bond motifs is 4. The number of nitrogens with one attached hydrogen (secondary N) is 1. The molecule has 2 aliphatic heterocycles. The molecule has 2 atom stereocenters. The number of H-pyrrole nitrogens is 1. The topological polar surface area (TPSA) is 65.6 Å². The molecular weight excluding hydrogens is 438 g/mol. The van der Waals surface area contributed by atoms with Crippen molar-refractivity contribution in [2.45, 2.75) is 50.6 Å². The Morgan fingerprint density at radius 3 is 2.66 bits per heavy atom. The highest BCUT2D eigenvalue weighted by molar-refractivity contribution is 5.97. The van der Waals surface area contributed by atoms with Gasteiger partial charge in [0.15, 0.2) is 0 Å². The molecule has 2 amide bonds. The van der Waals surface area contributed by atoms with Crippen LogP contribution in [0.1, 0.15) is 55.0 Å². The largest absolute Gasteiger partial charge is 0.497 e. The molecule has 180 valence electrons. The third-order valence-corrected chi connectivity index (χ3v) is 7.86. The molecular formula is C29H31N3O3. The molecule has 3 aromatic rings. The second kappa shape index (κ2) is 8.91. The molecule has 6 nitrogen and oxygen atoms in total. The minimum Gasteiger partial charge on any atom is -0.497 e. The smallest absolute Gasteiger partial charge is 0.246 e. The van der Waals surface area contributed by atoms with Gasteiger partial charge in [0, 0.05) is 29.6 Å². The lowest BCUT2D eigenvalue weighted by molar-refractivity contribution is -0.158. The Kier molecular flexibility index (Phi) is 5.59. The third kappa shape index (κ3) is 3.81. The van der Waals surface area contributed by atoms with E-state index in [9.17, 15) is 9.59 Å². The number of allylic oxidation sites excluding steroid dienone is 1. The molecule has 35 heavy (non-hydrogen) atoms. The predicted molar refractivity (Wildman–Crippen MR) is 135 cm³/mol. The summed E-state index contributed by atoms with van der Waals surface area (Å²) in [4.78, 5) is 34.7. The van der Waals surface area contributed by atoms with Crippen molar-refractivity contribution in [1.82, 2.24) is 14.8 Å². The average molecular weight is 470 g/mol. The minimum absolute atomic E-state index is 0.0114. The molecule has 0 unspecified atom stereocenters. The fraction of sp³-hybridized carbons (Fsp3) is 0.379. The van der Waals surface area contributed by atoms with E-state index in [1.54, 1.807) is 12.0 Å². The molecule has 0 spiro atoms. The molecule has 0 saturated carbocycles. The average Bonchev–Trinajstić information content (AvgIpc) is 3.28. The van der Waals surface area contributed by atoms with E-state index in [0.717, 1.165) is 52.7 Å². The van der Waals surface area contributed by atoms with Gasteiger partial charge in [-0.05, 0) is 61.4 Å². The van der Waals surface area contributed by atoms with Crippen LogP contribution in [0.25, 0.3) is 10.9 Å². The highest BCUT2D eigenvalue weighted by atomic mass is 16.5. The van der Waals surface area contributed by atoms with Crippen LogP contribution in [0.15, 0.2) is 60.2 Å². The standard InChI is InChI=1S/C29H31N3O3/c1-35-21-13-11-20(12-14-21)28-27-23(22-9-5-6-10-24(22)30-27)17-25-29(34)31(18-26(33)32(25)28)16-15-19-7-3-2-4-8-19/h5-7,9-14,25,28,30H,2-4,8,15-18H2,1H3/t25-,28+/m0/s1. The lowest BCUT2D eigenvalue weighted by atomic mass is 9.86. The molecule has 1 aromatic heterocycles. The van der Waals surface area contributed by atoms with Gasteiger partial charge in [0.1, 0.15) is 11.8 Å². The number of nitrogens with zero attached hydrogens (tertiary/aromatic N) is 2. The highest BCUT2D eigenvalue weighted by Crippen LogP contribution is 2.42. The molecule has 3 heterocycles. The van der Waals surface area contributed by atoms with Crippen molar-refractivity contribution in [3.63, 3.8) is 0 Å². The number of ether oxygens (including phenoxy) is 1. The first-order chi connectivity index (χ1) is 17.1. The Morgan fingerprint density at radius 1 is 1.06 bits per heavy atom. The number of methoxy groups -OCH3 is 1. The number of para-hydroxylation sites is 1. The zero-order valence-corrected chi connectivity index (χ0v) is 20.1. The first-order valence-electron chi connectivity index (χ1n) is 12.7. The van der Waals surface area contributed by atoms with Gasteiger partial charge in [-0.25, -0.2) is 0 Å². The van der Waals surface area contributed by atoms with Crippen molar-refractivity contribution >= 4 is 22.7 Å². The van der Waals surface area contributed by atoms with Crippen molar-refractivity contribution in [1.29, 1.82) is 0 Å². The van der Waals surface area contributed by atoms with Crippen molar-refractivity contribution < 1.29 is 14.3 Å². The molecule has 6 rings (SSSR count). The van der Waals surface area contributed by atoms with Crippen LogP contribution >= 0.6 is 0 Å². The van der Waals surface area contributed by atoms with E-state index in [4.69, 9.17) is 4.74 Å². The summed E-state index contributed by atoms with van der Waals surface area (Å²) in [5.74, 6) is 0.843. The van der Waals surface area contributed by atoms with Gasteiger partial charge in [-0.3, -0.25) is 9.59 Å². The maximum absolute atomic E-state index is 13.8. The summed E-state index contributed by atoms with van der Waals surface area (Å²) < 4.78 is 5.36. The van der Waals surface area contributed by atoms with Gasteiger partial charge in [0.25, 0.3) is 0 Å². The fourth-order valence-electron chi connectivity index (χ4n) is 6.06. The Balaban J connectivity index is 1.38. The van der Waals surface area contributed by atoms with E-state index in [0.29, 0.717) is 13.0 Å². The van der Waals surface area contributed by atoms with E-state index < -0.39 is 6.04 Å². The SMILES string of the molecule is COc1ccc([C@@H]2c3[nH]c4ccccc4c3C[C@H]3C(=O)N(CCC4=CCCCC4)CC(=O)N23)cc1. The molecule has 0 radical (unpaired) electrons. The summed E-state index contributed by atoms with van der Waals surface area (Å²) in [6.07, 6.45) is 8.45. The number of aromatic nitrogens is 1. The van der Waals surface area contributed by atoms with Crippen LogP contribution < -0.4 is 4.74 Å². The summed E-state index contributed by atoms with van der Waals surface area (Å²) in [5, 5.41) is 1.13. The Morgan fingerprint density at radius 2 is 1.89 bits per heavy atom. The number of benzene rings is 2. The van der Waals surface area contributed by atoms with Crippen LogP contribution in [0.4, 0.5) is 0 Å². The molecule has 1 N–H and O–H groups in total. The first-order valence-corrected chi connectivity index (χ1v) is 12.7. The summed E-state index contributed by atoms with van der Waals surface area (Å²) in [5.41, 5.74) is 5.59. The lowest BCUT2D eigenvalue weighted by Crippen LogP contribution is -2.63. The Bertz CT molecular complexity index is 1310. The summed E-state index contributed by atoms with van der Waals surface area (Å²) >= 11 is 0. The number of hydrogen-bond acceptors (Lipinski definition) is 3. The number of carbonyl (C=O) groups excluding carboxylic acids is 2. The number of carbonyl (C=O) groups is 2. The van der Waals surface area contributed by atoms with E-state index in [2.05, 4.69) is 23.2 Å². The lowest BCUT2D eigenvalue weighted by Gasteiger charge is -2.47. The van der Waals surface area contributed by atoms with E-state index in [1.807, 2.05) is 41.3 Å². The number of piperazine rings is 1. The van der Waals surface area contributed by atoms with Crippen molar-refractivity contribution in [3.05, 3.63) is 77.0 Å². The number of aromatic amines is 1. The van der Waals surface area contributed by atoms with Crippen LogP contribution in [0.5, 0.6) is 5.75 Å². The van der Waals surface area contributed by atoms with Gasteiger partial charge >= 0.3 is 0 Å². The van der Waals surface area contributed by atoms with Crippen molar-refractivity contribution in [2.75, 3.05) is 20.2 Å². The second-order valence-corrected chi connectivity index (χ2v) is 9.88. The Labute approximate surface area is 205 Å². The summed E-state index contributed by atoms with van der Waals surface area (Å²) in [6, 6.07) is 15.2. The molecule has 1 saturated heterocycles. The van der Waals surface area contributed by atoms with Crippen LogP contribution in [0, 0.1) is 0 Å². The molecule has 6 heteroatoms. The number of amides is 2. The second-order valence-electron chi connectivity index (χ2n) is 9.88. The van der Waals surface area contributed by atoms with Crippen molar-refractivity contribution in [2.24, 2.45) is 0 Å². The van der Waals surface area contributed by atoms with Crippen LogP contribution in [-0.4, -0.2) is 52.8 Å². The van der Waals surface area contributed by atoms with Crippen molar-refractivity contribution in [3.8, 4) is 5.75 Å². The van der Waals surface area contributed by atoms with Gasteiger partial charge in [-0.1, -0.05) is 42.0 Å². The zero-order valence-electron chi connectivity index (χ0n) is 20.1. The van der Waals surface area contributed by atoms with Crippen LogP contribution in [-0.2, 0) is 16.0 Å². The van der Waals surface area contributed by atoms with Gasteiger partial charge in [0.2, 0.25) is 11.8 Å². The van der Waals surface area contributed by atoms with Gasteiger partial charge < -0.3 is 19.5 Å². The van der Waals surface area contributed by atoms with Crippen LogP contribution in [0.3, 0.4) is 0 Å². The van der Waals surface area contributed by atoms with Gasteiger partial charge in [-0.15, -0.1) is 0 Å². The van der Waals surface area contributed by atoms with Gasteiger partial charge in [-0.2, -0.15) is 0 Å². The molecule has 0 bridgehead atoms. The number of hydrogen-bond donors (Lipinski definition) is 1. The maximum Gasteiger partial charge on any atom is 0.246 e. The predicted octanol–water partition coefficient (Wildman–Crippen LogP) is 4.75. The first kappa shape index (κ1) is 22.0. The van der Waals surface area contributed by atoms with Crippen LogP contribution in [0.2, 0.25) is 0 Å². The van der Waals surface area contributed by atoms with Gasteiger partial charge in [0.05, 0.1) is 19.7 Å². The highest BCUT2D eigenvalue weighted by Gasteiger charge is 2.48. The summed E-state index contributed by atoms with van der Waals surface area (Å²) in [6.45, 7) is 0.763. The monoisotopic (exact) mass is 469 g/mol. The third-order valence-electron chi connectivity index (χ3n) is 7.86. The van der Waals surface area contributed by atoms with E-state index in [-0.39, 0.29) is 24.4 Å². The zero-order chi connectivity index (χ0) is 23.9. The number of rotatable bonds is 5. The maximum atomic E-state index is 13.8. The normalized spacial score (nSPS) is 22.1. The fourth-order valence-corrected chi connectivity index (χ4v) is 6.06. The molecule has 3 aliphatic rings. The quantitative estimate of drug-likeness (QED) is 0.549. The molecule has 1 aliphatic carbocycles. The molecule has 1 fully saturated rings. The van der Waals surface area contributed by atoms with E-state index >= 15 is 0 Å². The Hall–Kier alpha value is -3.54. The minimum atomic E-state index is -0.490. The summed E-state index contributed by atoms with van der Waals surface area (Å²) in [7, 11) is 1.65. The molecule has 2 aromatic carbocycles. The van der Waals surface area contributed by atoms with E-state index in [1.165, 1.54) is 18.4 Å².